The SMILES string of the molecule is OCCCNc1cc(N2CCc3ccccc3C2)ncn1. The maximum Gasteiger partial charge on any atom is 0.134 e. The Kier molecular flexibility index (Phi) is 4.31. The quantitative estimate of drug-likeness (QED) is 0.820. The lowest BCUT2D eigenvalue weighted by Crippen LogP contribution is -2.31. The second kappa shape index (κ2) is 6.54. The second-order valence-electron chi connectivity index (χ2n) is 5.21. The first-order valence-electron chi connectivity index (χ1n) is 7.35. The van der Waals surface area contributed by atoms with Gasteiger partial charge in [-0.15, -0.1) is 0 Å². The van der Waals surface area contributed by atoms with Crippen molar-refractivity contribution in [2.45, 2.75) is 19.4 Å². The molecule has 5 nitrogen and oxygen atoms in total. The summed E-state index contributed by atoms with van der Waals surface area (Å²) in [5, 5.41) is 12.0. The first-order chi connectivity index (χ1) is 10.4. The van der Waals surface area contributed by atoms with E-state index in [1.165, 1.54) is 11.1 Å². The van der Waals surface area contributed by atoms with Crippen molar-refractivity contribution in [1.29, 1.82) is 0 Å². The molecule has 3 rings (SSSR count). The average Bonchev–Trinajstić information content (AvgIpc) is 2.55. The fourth-order valence-corrected chi connectivity index (χ4v) is 2.60. The van der Waals surface area contributed by atoms with Gasteiger partial charge < -0.3 is 15.3 Å². The van der Waals surface area contributed by atoms with Gasteiger partial charge in [-0.1, -0.05) is 24.3 Å². The predicted molar refractivity (Wildman–Crippen MR) is 83.4 cm³/mol. The molecule has 0 saturated carbocycles. The van der Waals surface area contributed by atoms with Crippen LogP contribution in [-0.4, -0.2) is 34.8 Å². The number of nitrogens with zero attached hydrogens (tertiary/aromatic N) is 3. The number of aliphatic hydroxyl groups excluding tert-OH is 1. The average molecular weight is 284 g/mol. The summed E-state index contributed by atoms with van der Waals surface area (Å²) < 4.78 is 0. The van der Waals surface area contributed by atoms with Crippen LogP contribution >= 0.6 is 0 Å². The molecule has 0 aliphatic carbocycles. The van der Waals surface area contributed by atoms with Gasteiger partial charge in [0.1, 0.15) is 18.0 Å². The Morgan fingerprint density at radius 1 is 1.19 bits per heavy atom. The minimum Gasteiger partial charge on any atom is -0.396 e. The van der Waals surface area contributed by atoms with Crippen molar-refractivity contribution < 1.29 is 5.11 Å². The van der Waals surface area contributed by atoms with E-state index in [1.54, 1.807) is 6.33 Å². The van der Waals surface area contributed by atoms with E-state index in [0.29, 0.717) is 0 Å². The lowest BCUT2D eigenvalue weighted by atomic mass is 10.00. The summed E-state index contributed by atoms with van der Waals surface area (Å²) in [5.74, 6) is 1.76. The van der Waals surface area contributed by atoms with Gasteiger partial charge in [-0.25, -0.2) is 9.97 Å². The number of hydrogen-bond donors (Lipinski definition) is 2. The van der Waals surface area contributed by atoms with E-state index in [2.05, 4.69) is 44.5 Å². The molecule has 0 unspecified atom stereocenters. The zero-order valence-electron chi connectivity index (χ0n) is 12.0. The standard InChI is InChI=1S/C16H20N4O/c21-9-3-7-17-15-10-16(19-12-18-15)20-8-6-13-4-1-2-5-14(13)11-20/h1-2,4-5,10,12,21H,3,6-9,11H2,(H,17,18,19). The monoisotopic (exact) mass is 284 g/mol. The molecule has 2 heterocycles. The number of anilines is 2. The van der Waals surface area contributed by atoms with Gasteiger partial charge in [0.2, 0.25) is 0 Å². The van der Waals surface area contributed by atoms with E-state index in [4.69, 9.17) is 5.11 Å². The highest BCUT2D eigenvalue weighted by molar-refractivity contribution is 5.50. The van der Waals surface area contributed by atoms with Crippen molar-refractivity contribution in [1.82, 2.24) is 9.97 Å². The molecule has 1 aromatic heterocycles. The molecular weight excluding hydrogens is 264 g/mol. The number of hydrogen-bond acceptors (Lipinski definition) is 5. The van der Waals surface area contributed by atoms with Gasteiger partial charge in [0.05, 0.1) is 0 Å². The smallest absolute Gasteiger partial charge is 0.134 e. The highest BCUT2D eigenvalue weighted by atomic mass is 16.3. The Morgan fingerprint density at radius 2 is 2.05 bits per heavy atom. The van der Waals surface area contributed by atoms with Crippen molar-refractivity contribution in [3.63, 3.8) is 0 Å². The van der Waals surface area contributed by atoms with E-state index in [0.717, 1.165) is 44.1 Å². The Labute approximate surface area is 124 Å². The van der Waals surface area contributed by atoms with E-state index in [1.807, 2.05) is 6.07 Å². The molecule has 1 aliphatic rings. The maximum atomic E-state index is 8.81. The molecule has 0 fully saturated rings. The summed E-state index contributed by atoms with van der Waals surface area (Å²) in [6.45, 7) is 2.77. The molecule has 0 spiro atoms. The fraction of sp³-hybridized carbons (Fsp3) is 0.375. The van der Waals surface area contributed by atoms with Crippen molar-refractivity contribution in [3.05, 3.63) is 47.8 Å². The number of aromatic nitrogens is 2. The van der Waals surface area contributed by atoms with Crippen LogP contribution in [0.4, 0.5) is 11.6 Å². The summed E-state index contributed by atoms with van der Waals surface area (Å²) >= 11 is 0. The largest absolute Gasteiger partial charge is 0.396 e. The van der Waals surface area contributed by atoms with E-state index in [9.17, 15) is 0 Å². The van der Waals surface area contributed by atoms with Crippen LogP contribution in [0.2, 0.25) is 0 Å². The van der Waals surface area contributed by atoms with Gasteiger partial charge in [0, 0.05) is 32.3 Å². The zero-order valence-corrected chi connectivity index (χ0v) is 12.0. The van der Waals surface area contributed by atoms with Crippen LogP contribution in [0.15, 0.2) is 36.7 Å². The highest BCUT2D eigenvalue weighted by Crippen LogP contribution is 2.23. The fourth-order valence-electron chi connectivity index (χ4n) is 2.60. The summed E-state index contributed by atoms with van der Waals surface area (Å²) in [4.78, 5) is 10.9. The second-order valence-corrected chi connectivity index (χ2v) is 5.21. The van der Waals surface area contributed by atoms with Gasteiger partial charge in [0.25, 0.3) is 0 Å². The predicted octanol–water partition coefficient (Wildman–Crippen LogP) is 1.83. The van der Waals surface area contributed by atoms with Crippen molar-refractivity contribution in [2.75, 3.05) is 29.9 Å². The summed E-state index contributed by atoms with van der Waals surface area (Å²) in [5.41, 5.74) is 2.81. The topological polar surface area (TPSA) is 61.3 Å². The zero-order chi connectivity index (χ0) is 14.5. The summed E-state index contributed by atoms with van der Waals surface area (Å²) in [6.07, 6.45) is 3.36. The van der Waals surface area contributed by atoms with Gasteiger partial charge in [0.15, 0.2) is 0 Å². The van der Waals surface area contributed by atoms with Crippen LogP contribution in [0, 0.1) is 0 Å². The molecule has 1 aliphatic heterocycles. The molecule has 2 aromatic rings. The minimum absolute atomic E-state index is 0.188. The Morgan fingerprint density at radius 3 is 2.90 bits per heavy atom. The third kappa shape index (κ3) is 3.31. The van der Waals surface area contributed by atoms with Crippen LogP contribution in [0.3, 0.4) is 0 Å². The Bertz CT molecular complexity index is 602. The number of fused-ring (bicyclic) bond motifs is 1. The molecular formula is C16H20N4O. The maximum absolute atomic E-state index is 8.81. The normalized spacial score (nSPS) is 13.9. The molecule has 1 aromatic carbocycles. The molecule has 0 saturated heterocycles. The van der Waals surface area contributed by atoms with Gasteiger partial charge in [-0.3, -0.25) is 0 Å². The van der Waals surface area contributed by atoms with Gasteiger partial charge in [-0.05, 0) is 24.0 Å². The molecule has 0 bridgehead atoms. The lowest BCUT2D eigenvalue weighted by Gasteiger charge is -2.29. The number of benzene rings is 1. The Balaban J connectivity index is 1.71. The molecule has 21 heavy (non-hydrogen) atoms. The summed E-state index contributed by atoms with van der Waals surface area (Å²) in [6, 6.07) is 10.6. The minimum atomic E-state index is 0.188. The van der Waals surface area contributed by atoms with Gasteiger partial charge in [-0.2, -0.15) is 0 Å². The highest BCUT2D eigenvalue weighted by Gasteiger charge is 2.17. The molecule has 2 N–H and O–H groups in total. The summed E-state index contributed by atoms with van der Waals surface area (Å²) in [7, 11) is 0. The molecule has 110 valence electrons. The third-order valence-corrected chi connectivity index (χ3v) is 3.75. The number of aliphatic hydroxyl groups is 1. The van der Waals surface area contributed by atoms with Crippen LogP contribution in [0.1, 0.15) is 17.5 Å². The van der Waals surface area contributed by atoms with Crippen molar-refractivity contribution in [3.8, 4) is 0 Å². The van der Waals surface area contributed by atoms with Crippen molar-refractivity contribution in [2.24, 2.45) is 0 Å². The van der Waals surface area contributed by atoms with Crippen LogP contribution in [0.25, 0.3) is 0 Å². The molecule has 0 radical (unpaired) electrons. The van der Waals surface area contributed by atoms with Gasteiger partial charge >= 0.3 is 0 Å². The number of rotatable bonds is 5. The van der Waals surface area contributed by atoms with Crippen LogP contribution in [-0.2, 0) is 13.0 Å². The molecule has 0 amide bonds. The third-order valence-electron chi connectivity index (χ3n) is 3.75. The first-order valence-corrected chi connectivity index (χ1v) is 7.35. The van der Waals surface area contributed by atoms with Crippen molar-refractivity contribution >= 4 is 11.6 Å². The van der Waals surface area contributed by atoms with Crippen LogP contribution < -0.4 is 10.2 Å². The Hall–Kier alpha value is -2.14. The van der Waals surface area contributed by atoms with E-state index >= 15 is 0 Å². The lowest BCUT2D eigenvalue weighted by molar-refractivity contribution is 0.292. The molecule has 5 heteroatoms. The van der Waals surface area contributed by atoms with E-state index in [-0.39, 0.29) is 6.61 Å². The first kappa shape index (κ1) is 13.8. The molecule has 0 atom stereocenters. The number of nitrogens with one attached hydrogen (secondary N) is 1. The van der Waals surface area contributed by atoms with Crippen LogP contribution in [0.5, 0.6) is 0 Å². The van der Waals surface area contributed by atoms with E-state index < -0.39 is 0 Å².